The van der Waals surface area contributed by atoms with E-state index in [1.807, 2.05) is 19.1 Å². The van der Waals surface area contributed by atoms with Crippen LogP contribution >= 0.6 is 0 Å². The van der Waals surface area contributed by atoms with Crippen LogP contribution in [-0.2, 0) is 4.74 Å². The molecule has 0 bridgehead atoms. The molecule has 0 spiro atoms. The van der Waals surface area contributed by atoms with Gasteiger partial charge in [-0.2, -0.15) is 0 Å². The first-order valence-corrected chi connectivity index (χ1v) is 8.42. The van der Waals surface area contributed by atoms with Crippen molar-refractivity contribution in [2.75, 3.05) is 33.4 Å². The number of piperidine rings is 1. The molecule has 1 N–H and O–H groups in total. The van der Waals surface area contributed by atoms with Crippen molar-refractivity contribution in [1.82, 2.24) is 10.2 Å². The molecule has 1 aliphatic heterocycles. The Morgan fingerprint density at radius 3 is 2.52 bits per heavy atom. The van der Waals surface area contributed by atoms with E-state index >= 15 is 0 Å². The van der Waals surface area contributed by atoms with Gasteiger partial charge in [-0.25, -0.2) is 4.79 Å². The summed E-state index contributed by atoms with van der Waals surface area (Å²) in [7, 11) is 1.67. The zero-order valence-corrected chi connectivity index (χ0v) is 14.4. The summed E-state index contributed by atoms with van der Waals surface area (Å²) in [6, 6.07) is 8.26. The summed E-state index contributed by atoms with van der Waals surface area (Å²) in [6.07, 6.45) is 2.05. The molecule has 1 saturated heterocycles. The Morgan fingerprint density at radius 2 is 1.96 bits per heavy atom. The second-order valence-electron chi connectivity index (χ2n) is 6.11. The fourth-order valence-electron chi connectivity index (χ4n) is 2.99. The summed E-state index contributed by atoms with van der Waals surface area (Å²) >= 11 is 0. The quantitative estimate of drug-likeness (QED) is 0.874. The number of hydrogen-bond acceptors (Lipinski definition) is 4. The summed E-state index contributed by atoms with van der Waals surface area (Å²) in [5, 5.41) is 2.89. The Morgan fingerprint density at radius 1 is 1.30 bits per heavy atom. The molecule has 23 heavy (non-hydrogen) atoms. The molecule has 0 aliphatic carbocycles. The van der Waals surface area contributed by atoms with Crippen LogP contribution in [0.1, 0.15) is 38.3 Å². The molecule has 0 saturated carbocycles. The Balaban J connectivity index is 2.07. The SMILES string of the molecule is CCOC(=O)NCC(c1ccc(OC)cc1)N1CCC(C)CC1. The smallest absolute Gasteiger partial charge is 0.407 e. The van der Waals surface area contributed by atoms with Gasteiger partial charge in [-0.3, -0.25) is 4.90 Å². The van der Waals surface area contributed by atoms with Gasteiger partial charge in [0.05, 0.1) is 19.8 Å². The van der Waals surface area contributed by atoms with Crippen LogP contribution in [0.4, 0.5) is 4.79 Å². The number of hydrogen-bond donors (Lipinski definition) is 1. The standard InChI is InChI=1S/C18H28N2O3/c1-4-23-18(21)19-13-17(20-11-9-14(2)10-12-20)15-5-7-16(22-3)8-6-15/h5-8,14,17H,4,9-13H2,1-3H3,(H,19,21). The van der Waals surface area contributed by atoms with E-state index < -0.39 is 0 Å². The summed E-state index contributed by atoms with van der Waals surface area (Å²) in [6.45, 7) is 7.17. The van der Waals surface area contributed by atoms with E-state index in [1.54, 1.807) is 7.11 Å². The van der Waals surface area contributed by atoms with E-state index in [4.69, 9.17) is 9.47 Å². The monoisotopic (exact) mass is 320 g/mol. The van der Waals surface area contributed by atoms with Crippen molar-refractivity contribution in [1.29, 1.82) is 0 Å². The number of likely N-dealkylation sites (tertiary alicyclic amines) is 1. The molecule has 1 aromatic carbocycles. The van der Waals surface area contributed by atoms with E-state index in [1.165, 1.54) is 18.4 Å². The van der Waals surface area contributed by atoms with Crippen molar-refractivity contribution in [2.24, 2.45) is 5.92 Å². The van der Waals surface area contributed by atoms with Gasteiger partial charge >= 0.3 is 6.09 Å². The molecule has 1 unspecified atom stereocenters. The normalized spacial score (nSPS) is 17.5. The van der Waals surface area contributed by atoms with Crippen molar-refractivity contribution in [3.05, 3.63) is 29.8 Å². The van der Waals surface area contributed by atoms with E-state index in [0.29, 0.717) is 13.2 Å². The summed E-state index contributed by atoms with van der Waals surface area (Å²) in [5.41, 5.74) is 1.19. The number of carbonyl (C=O) groups excluding carboxylic acids is 1. The highest BCUT2D eigenvalue weighted by Gasteiger charge is 2.25. The molecule has 5 nitrogen and oxygen atoms in total. The second kappa shape index (κ2) is 8.77. The zero-order chi connectivity index (χ0) is 16.7. The number of methoxy groups -OCH3 is 1. The third-order valence-corrected chi connectivity index (χ3v) is 4.47. The molecule has 1 heterocycles. The van der Waals surface area contributed by atoms with Gasteiger partial charge in [-0.15, -0.1) is 0 Å². The molecule has 1 aromatic rings. The third-order valence-electron chi connectivity index (χ3n) is 4.47. The minimum Gasteiger partial charge on any atom is -0.497 e. The van der Waals surface area contributed by atoms with Crippen molar-refractivity contribution < 1.29 is 14.3 Å². The van der Waals surface area contributed by atoms with Crippen LogP contribution < -0.4 is 10.1 Å². The Bertz CT molecular complexity index is 482. The summed E-state index contributed by atoms with van der Waals surface area (Å²) in [4.78, 5) is 14.1. The molecule has 128 valence electrons. The second-order valence-corrected chi connectivity index (χ2v) is 6.11. The fraction of sp³-hybridized carbons (Fsp3) is 0.611. The lowest BCUT2D eigenvalue weighted by Crippen LogP contribution is -2.42. The average molecular weight is 320 g/mol. The summed E-state index contributed by atoms with van der Waals surface area (Å²) in [5.74, 6) is 1.62. The molecule has 1 atom stereocenters. The van der Waals surface area contributed by atoms with Gasteiger partial charge in [-0.1, -0.05) is 19.1 Å². The fourth-order valence-corrected chi connectivity index (χ4v) is 2.99. The number of nitrogens with one attached hydrogen (secondary N) is 1. The average Bonchev–Trinajstić information content (AvgIpc) is 2.57. The lowest BCUT2D eigenvalue weighted by atomic mass is 9.95. The van der Waals surface area contributed by atoms with Crippen LogP contribution in [0.5, 0.6) is 5.75 Å². The summed E-state index contributed by atoms with van der Waals surface area (Å²) < 4.78 is 10.2. The first kappa shape index (κ1) is 17.6. The number of ether oxygens (including phenoxy) is 2. The Kier molecular flexibility index (Phi) is 6.71. The number of nitrogens with zero attached hydrogens (tertiary/aromatic N) is 1. The molecule has 5 heteroatoms. The number of alkyl carbamates (subject to hydrolysis) is 1. The predicted octanol–water partition coefficient (Wildman–Crippen LogP) is 3.21. The minimum absolute atomic E-state index is 0.165. The minimum atomic E-state index is -0.351. The first-order valence-electron chi connectivity index (χ1n) is 8.42. The molecule has 0 aromatic heterocycles. The molecule has 2 rings (SSSR count). The van der Waals surface area contributed by atoms with Crippen LogP contribution in [0.15, 0.2) is 24.3 Å². The van der Waals surface area contributed by atoms with Gasteiger partial charge in [0.1, 0.15) is 5.75 Å². The number of rotatable bonds is 6. The number of carbonyl (C=O) groups is 1. The maximum Gasteiger partial charge on any atom is 0.407 e. The maximum absolute atomic E-state index is 11.6. The van der Waals surface area contributed by atoms with Gasteiger partial charge in [0, 0.05) is 6.54 Å². The van der Waals surface area contributed by atoms with E-state index in [0.717, 1.165) is 24.8 Å². The van der Waals surface area contributed by atoms with Crippen molar-refractivity contribution in [3.63, 3.8) is 0 Å². The molecular formula is C18H28N2O3. The molecule has 0 radical (unpaired) electrons. The van der Waals surface area contributed by atoms with Gasteiger partial charge in [0.15, 0.2) is 0 Å². The van der Waals surface area contributed by atoms with E-state index in [2.05, 4.69) is 29.3 Å². The molecular weight excluding hydrogens is 292 g/mol. The van der Waals surface area contributed by atoms with Gasteiger partial charge in [0.2, 0.25) is 0 Å². The lowest BCUT2D eigenvalue weighted by Gasteiger charge is -2.37. The third kappa shape index (κ3) is 5.13. The van der Waals surface area contributed by atoms with Crippen molar-refractivity contribution in [3.8, 4) is 5.75 Å². The van der Waals surface area contributed by atoms with Gasteiger partial charge < -0.3 is 14.8 Å². The Labute approximate surface area is 139 Å². The van der Waals surface area contributed by atoms with Crippen LogP contribution in [-0.4, -0.2) is 44.3 Å². The van der Waals surface area contributed by atoms with Gasteiger partial charge in [0.25, 0.3) is 0 Å². The maximum atomic E-state index is 11.6. The highest BCUT2D eigenvalue weighted by molar-refractivity contribution is 5.67. The highest BCUT2D eigenvalue weighted by Crippen LogP contribution is 2.27. The van der Waals surface area contributed by atoms with Crippen LogP contribution in [0.2, 0.25) is 0 Å². The predicted molar refractivity (Wildman–Crippen MR) is 90.7 cm³/mol. The lowest BCUT2D eigenvalue weighted by molar-refractivity contribution is 0.123. The molecule has 1 aliphatic rings. The Hall–Kier alpha value is -1.75. The van der Waals surface area contributed by atoms with Crippen LogP contribution in [0, 0.1) is 5.92 Å². The van der Waals surface area contributed by atoms with E-state index in [9.17, 15) is 4.79 Å². The molecule has 1 fully saturated rings. The zero-order valence-electron chi connectivity index (χ0n) is 14.4. The number of benzene rings is 1. The van der Waals surface area contributed by atoms with Crippen LogP contribution in [0.3, 0.4) is 0 Å². The van der Waals surface area contributed by atoms with E-state index in [-0.39, 0.29) is 12.1 Å². The van der Waals surface area contributed by atoms with Gasteiger partial charge in [-0.05, 0) is 56.5 Å². The largest absolute Gasteiger partial charge is 0.497 e. The number of amides is 1. The van der Waals surface area contributed by atoms with Crippen molar-refractivity contribution in [2.45, 2.75) is 32.7 Å². The van der Waals surface area contributed by atoms with Crippen molar-refractivity contribution >= 4 is 6.09 Å². The topological polar surface area (TPSA) is 50.8 Å². The molecule has 1 amide bonds. The highest BCUT2D eigenvalue weighted by atomic mass is 16.5. The van der Waals surface area contributed by atoms with Crippen LogP contribution in [0.25, 0.3) is 0 Å². The first-order chi connectivity index (χ1) is 11.1.